The van der Waals surface area contributed by atoms with Gasteiger partial charge in [0.25, 0.3) is 0 Å². The molecule has 0 saturated carbocycles. The SMILES string of the molecule is COC(=O)c1sc(C2CCCNC2)nc1C. The standard InChI is InChI=1S/C11H16N2O2S/c1-7-9(11(14)15-2)16-10(13-7)8-4-3-5-12-6-8/h8,12H,3-6H2,1-2H3. The highest BCUT2D eigenvalue weighted by Crippen LogP contribution is 2.29. The van der Waals surface area contributed by atoms with Crippen LogP contribution in [0.5, 0.6) is 0 Å². The van der Waals surface area contributed by atoms with Gasteiger partial charge in [-0.2, -0.15) is 0 Å². The number of carbonyl (C=O) groups excluding carboxylic acids is 1. The summed E-state index contributed by atoms with van der Waals surface area (Å²) in [6, 6.07) is 0. The van der Waals surface area contributed by atoms with Crippen molar-refractivity contribution in [3.8, 4) is 0 Å². The van der Waals surface area contributed by atoms with Crippen molar-refractivity contribution >= 4 is 17.3 Å². The molecule has 2 heterocycles. The Morgan fingerprint density at radius 1 is 1.62 bits per heavy atom. The minimum atomic E-state index is -0.273. The maximum absolute atomic E-state index is 11.5. The number of piperidine rings is 1. The van der Waals surface area contributed by atoms with Crippen LogP contribution in [-0.4, -0.2) is 31.2 Å². The molecular formula is C11H16N2O2S. The van der Waals surface area contributed by atoms with Gasteiger partial charge in [-0.05, 0) is 26.3 Å². The highest BCUT2D eigenvalue weighted by molar-refractivity contribution is 7.13. The largest absolute Gasteiger partial charge is 0.465 e. The molecule has 1 aromatic heterocycles. The predicted molar refractivity (Wildman–Crippen MR) is 63.0 cm³/mol. The molecule has 1 aromatic rings. The summed E-state index contributed by atoms with van der Waals surface area (Å²) >= 11 is 1.47. The summed E-state index contributed by atoms with van der Waals surface area (Å²) in [5, 5.41) is 4.42. The molecule has 1 unspecified atom stereocenters. The Balaban J connectivity index is 2.19. The van der Waals surface area contributed by atoms with Gasteiger partial charge in [0.1, 0.15) is 4.88 Å². The van der Waals surface area contributed by atoms with Gasteiger partial charge in [-0.25, -0.2) is 9.78 Å². The van der Waals surface area contributed by atoms with Gasteiger partial charge in [-0.1, -0.05) is 0 Å². The summed E-state index contributed by atoms with van der Waals surface area (Å²) in [7, 11) is 1.41. The molecule has 0 aromatic carbocycles. The molecule has 0 spiro atoms. The number of aromatic nitrogens is 1. The van der Waals surface area contributed by atoms with Crippen LogP contribution >= 0.6 is 11.3 Å². The Kier molecular flexibility index (Phi) is 3.56. The zero-order valence-corrected chi connectivity index (χ0v) is 10.4. The molecule has 1 aliphatic rings. The first-order valence-electron chi connectivity index (χ1n) is 5.48. The molecule has 1 aliphatic heterocycles. The number of aryl methyl sites for hydroxylation is 1. The molecule has 0 amide bonds. The van der Waals surface area contributed by atoms with Gasteiger partial charge in [0, 0.05) is 12.5 Å². The Morgan fingerprint density at radius 2 is 2.44 bits per heavy atom. The summed E-state index contributed by atoms with van der Waals surface area (Å²) in [4.78, 5) is 16.6. The maximum atomic E-state index is 11.5. The highest BCUT2D eigenvalue weighted by Gasteiger charge is 2.22. The van der Waals surface area contributed by atoms with Gasteiger partial charge in [0.2, 0.25) is 0 Å². The smallest absolute Gasteiger partial charge is 0.349 e. The topological polar surface area (TPSA) is 51.2 Å². The fraction of sp³-hybridized carbons (Fsp3) is 0.636. The van der Waals surface area contributed by atoms with Gasteiger partial charge in [0.05, 0.1) is 17.8 Å². The number of methoxy groups -OCH3 is 1. The number of thiazole rings is 1. The third-order valence-corrected chi connectivity index (χ3v) is 4.13. The molecule has 4 nitrogen and oxygen atoms in total. The van der Waals surface area contributed by atoms with E-state index in [0.717, 1.165) is 30.2 Å². The van der Waals surface area contributed by atoms with Crippen LogP contribution in [0.3, 0.4) is 0 Å². The van der Waals surface area contributed by atoms with E-state index >= 15 is 0 Å². The number of nitrogens with zero attached hydrogens (tertiary/aromatic N) is 1. The van der Waals surface area contributed by atoms with E-state index in [0.29, 0.717) is 10.8 Å². The molecule has 1 fully saturated rings. The summed E-state index contributed by atoms with van der Waals surface area (Å²) in [6.45, 7) is 3.92. The number of carbonyl (C=O) groups is 1. The summed E-state index contributed by atoms with van der Waals surface area (Å²) < 4.78 is 4.73. The first-order valence-corrected chi connectivity index (χ1v) is 6.30. The minimum absolute atomic E-state index is 0.273. The van der Waals surface area contributed by atoms with Crippen LogP contribution in [0.2, 0.25) is 0 Å². The lowest BCUT2D eigenvalue weighted by Gasteiger charge is -2.20. The van der Waals surface area contributed by atoms with E-state index in [9.17, 15) is 4.79 Å². The average Bonchev–Trinajstić information content (AvgIpc) is 2.71. The number of hydrogen-bond donors (Lipinski definition) is 1. The molecule has 0 aliphatic carbocycles. The second-order valence-corrected chi connectivity index (χ2v) is 5.03. The third kappa shape index (κ3) is 2.25. The van der Waals surface area contributed by atoms with E-state index < -0.39 is 0 Å². The van der Waals surface area contributed by atoms with Gasteiger partial charge < -0.3 is 10.1 Å². The first-order chi connectivity index (χ1) is 7.72. The zero-order valence-electron chi connectivity index (χ0n) is 9.58. The van der Waals surface area contributed by atoms with E-state index in [1.807, 2.05) is 6.92 Å². The zero-order chi connectivity index (χ0) is 11.5. The molecule has 0 radical (unpaired) electrons. The van der Waals surface area contributed by atoms with Crippen molar-refractivity contribution in [2.24, 2.45) is 0 Å². The third-order valence-electron chi connectivity index (χ3n) is 2.83. The lowest BCUT2D eigenvalue weighted by Crippen LogP contribution is -2.28. The molecule has 16 heavy (non-hydrogen) atoms. The maximum Gasteiger partial charge on any atom is 0.349 e. The molecule has 1 N–H and O–H groups in total. The van der Waals surface area contributed by atoms with Crippen molar-refractivity contribution in [2.45, 2.75) is 25.7 Å². The number of ether oxygens (including phenoxy) is 1. The Bertz CT molecular complexity index is 383. The van der Waals surface area contributed by atoms with Gasteiger partial charge in [-0.15, -0.1) is 11.3 Å². The number of esters is 1. The van der Waals surface area contributed by atoms with Crippen LogP contribution in [0.15, 0.2) is 0 Å². The van der Waals surface area contributed by atoms with Crippen LogP contribution in [-0.2, 0) is 4.74 Å². The Hall–Kier alpha value is -0.940. The quantitative estimate of drug-likeness (QED) is 0.799. The van der Waals surface area contributed by atoms with Gasteiger partial charge in [0.15, 0.2) is 0 Å². The van der Waals surface area contributed by atoms with Crippen molar-refractivity contribution in [3.05, 3.63) is 15.6 Å². The summed E-state index contributed by atoms with van der Waals surface area (Å²) in [5.41, 5.74) is 0.789. The van der Waals surface area contributed by atoms with Crippen molar-refractivity contribution < 1.29 is 9.53 Å². The number of rotatable bonds is 2. The first kappa shape index (κ1) is 11.5. The Morgan fingerprint density at radius 3 is 3.06 bits per heavy atom. The van der Waals surface area contributed by atoms with Crippen LogP contribution in [0.1, 0.15) is 39.1 Å². The van der Waals surface area contributed by atoms with E-state index in [2.05, 4.69) is 10.3 Å². The molecule has 88 valence electrons. The molecule has 1 saturated heterocycles. The van der Waals surface area contributed by atoms with E-state index in [1.54, 1.807) is 0 Å². The van der Waals surface area contributed by atoms with Crippen molar-refractivity contribution in [3.63, 3.8) is 0 Å². The van der Waals surface area contributed by atoms with Crippen LogP contribution in [0, 0.1) is 6.92 Å². The molecule has 1 atom stereocenters. The lowest BCUT2D eigenvalue weighted by atomic mass is 10.0. The second kappa shape index (κ2) is 4.93. The summed E-state index contributed by atoms with van der Waals surface area (Å²) in [5.74, 6) is 0.181. The molecule has 0 bridgehead atoms. The predicted octanol–water partition coefficient (Wildman–Crippen LogP) is 1.71. The van der Waals surface area contributed by atoms with Crippen LogP contribution in [0.25, 0.3) is 0 Å². The van der Waals surface area contributed by atoms with Crippen molar-refractivity contribution in [2.75, 3.05) is 20.2 Å². The van der Waals surface area contributed by atoms with Gasteiger partial charge >= 0.3 is 5.97 Å². The number of hydrogen-bond acceptors (Lipinski definition) is 5. The van der Waals surface area contributed by atoms with Gasteiger partial charge in [-0.3, -0.25) is 0 Å². The fourth-order valence-corrected chi connectivity index (χ4v) is 3.06. The van der Waals surface area contributed by atoms with Crippen LogP contribution in [0.4, 0.5) is 0 Å². The lowest BCUT2D eigenvalue weighted by molar-refractivity contribution is 0.0605. The van der Waals surface area contributed by atoms with Crippen molar-refractivity contribution in [1.29, 1.82) is 0 Å². The highest BCUT2D eigenvalue weighted by atomic mass is 32.1. The minimum Gasteiger partial charge on any atom is -0.465 e. The van der Waals surface area contributed by atoms with E-state index in [-0.39, 0.29) is 5.97 Å². The monoisotopic (exact) mass is 240 g/mol. The molecule has 5 heteroatoms. The summed E-state index contributed by atoms with van der Waals surface area (Å²) in [6.07, 6.45) is 2.33. The Labute approximate surface area is 99.0 Å². The molecule has 2 rings (SSSR count). The average molecular weight is 240 g/mol. The second-order valence-electron chi connectivity index (χ2n) is 4.00. The number of nitrogens with one attached hydrogen (secondary N) is 1. The van der Waals surface area contributed by atoms with E-state index in [4.69, 9.17) is 4.74 Å². The fourth-order valence-electron chi connectivity index (χ4n) is 1.94. The normalized spacial score (nSPS) is 20.8. The van der Waals surface area contributed by atoms with E-state index in [1.165, 1.54) is 24.9 Å². The van der Waals surface area contributed by atoms with Crippen molar-refractivity contribution in [1.82, 2.24) is 10.3 Å². The van der Waals surface area contributed by atoms with Crippen LogP contribution < -0.4 is 5.32 Å². The molecular weight excluding hydrogens is 224 g/mol.